The van der Waals surface area contributed by atoms with Gasteiger partial charge in [-0.3, -0.25) is 0 Å². The van der Waals surface area contributed by atoms with Crippen molar-refractivity contribution in [3.8, 4) is 0 Å². The first kappa shape index (κ1) is 12.3. The third-order valence-corrected chi connectivity index (χ3v) is 3.63. The lowest BCUT2D eigenvalue weighted by molar-refractivity contribution is 0.452. The number of aryl methyl sites for hydroxylation is 1. The third-order valence-electron chi connectivity index (χ3n) is 3.04. The van der Waals surface area contributed by atoms with Gasteiger partial charge in [-0.2, -0.15) is 0 Å². The van der Waals surface area contributed by atoms with Crippen molar-refractivity contribution in [2.75, 3.05) is 5.88 Å². The summed E-state index contributed by atoms with van der Waals surface area (Å²) in [5.74, 6) is 0.621. The topological polar surface area (TPSA) is 0 Å². The molecule has 0 aliphatic carbocycles. The highest BCUT2D eigenvalue weighted by Gasteiger charge is 2.24. The Kier molecular flexibility index (Phi) is 3.98. The van der Waals surface area contributed by atoms with Crippen LogP contribution >= 0.6 is 11.6 Å². The van der Waals surface area contributed by atoms with Crippen molar-refractivity contribution in [1.82, 2.24) is 0 Å². The van der Waals surface area contributed by atoms with Gasteiger partial charge in [0, 0.05) is 11.3 Å². The SMILES string of the molecule is C=C(C)C(C)(CCl)Cc1ccc(C)cc1. The first-order valence-electron chi connectivity index (χ1n) is 5.25. The van der Waals surface area contributed by atoms with E-state index < -0.39 is 0 Å². The van der Waals surface area contributed by atoms with Crippen LogP contribution in [0.1, 0.15) is 25.0 Å². The maximum absolute atomic E-state index is 6.02. The fourth-order valence-corrected chi connectivity index (χ4v) is 1.79. The van der Waals surface area contributed by atoms with Gasteiger partial charge in [-0.05, 0) is 25.8 Å². The predicted octanol–water partition coefficient (Wildman–Crippen LogP) is 4.36. The molecule has 0 bridgehead atoms. The van der Waals surface area contributed by atoms with Gasteiger partial charge in [-0.25, -0.2) is 0 Å². The first-order chi connectivity index (χ1) is 6.98. The number of halogens is 1. The van der Waals surface area contributed by atoms with E-state index in [2.05, 4.69) is 51.6 Å². The average Bonchev–Trinajstić information content (AvgIpc) is 2.21. The number of alkyl halides is 1. The molecule has 0 aromatic heterocycles. The van der Waals surface area contributed by atoms with Crippen LogP contribution in [0.2, 0.25) is 0 Å². The van der Waals surface area contributed by atoms with Crippen molar-refractivity contribution < 1.29 is 0 Å². The maximum Gasteiger partial charge on any atom is 0.0317 e. The Morgan fingerprint density at radius 2 is 1.87 bits per heavy atom. The second-order valence-corrected chi connectivity index (χ2v) is 4.90. The van der Waals surface area contributed by atoms with E-state index >= 15 is 0 Å². The zero-order chi connectivity index (χ0) is 11.5. The molecule has 0 spiro atoms. The molecule has 1 aromatic rings. The minimum Gasteiger partial charge on any atom is -0.126 e. The van der Waals surface area contributed by atoms with Crippen molar-refractivity contribution in [3.63, 3.8) is 0 Å². The lowest BCUT2D eigenvalue weighted by atomic mass is 9.80. The number of hydrogen-bond donors (Lipinski definition) is 0. The molecule has 1 heteroatoms. The highest BCUT2D eigenvalue weighted by atomic mass is 35.5. The summed E-state index contributed by atoms with van der Waals surface area (Å²) in [5, 5.41) is 0. The van der Waals surface area contributed by atoms with Crippen LogP contribution in [0.5, 0.6) is 0 Å². The molecule has 0 amide bonds. The molecular formula is C14H19Cl. The fraction of sp³-hybridized carbons (Fsp3) is 0.429. The molecule has 0 heterocycles. The number of rotatable bonds is 4. The van der Waals surface area contributed by atoms with Gasteiger partial charge in [-0.1, -0.05) is 48.9 Å². The van der Waals surface area contributed by atoms with Gasteiger partial charge in [-0.15, -0.1) is 11.6 Å². The molecule has 1 rings (SSSR count). The highest BCUT2D eigenvalue weighted by Crippen LogP contribution is 2.31. The van der Waals surface area contributed by atoms with Gasteiger partial charge in [0.15, 0.2) is 0 Å². The second kappa shape index (κ2) is 4.85. The standard InChI is InChI=1S/C14H19Cl/c1-11(2)14(4,10-15)9-13-7-5-12(3)6-8-13/h5-8H,1,9-10H2,2-4H3. The predicted molar refractivity (Wildman–Crippen MR) is 68.5 cm³/mol. The second-order valence-electron chi connectivity index (χ2n) is 4.64. The Balaban J connectivity index is 2.84. The van der Waals surface area contributed by atoms with Crippen LogP contribution in [-0.2, 0) is 6.42 Å². The molecule has 1 unspecified atom stereocenters. The quantitative estimate of drug-likeness (QED) is 0.525. The minimum atomic E-state index is 0.0107. The van der Waals surface area contributed by atoms with E-state index in [-0.39, 0.29) is 5.41 Å². The van der Waals surface area contributed by atoms with Gasteiger partial charge in [0.05, 0.1) is 0 Å². The van der Waals surface area contributed by atoms with Crippen molar-refractivity contribution in [1.29, 1.82) is 0 Å². The van der Waals surface area contributed by atoms with E-state index in [9.17, 15) is 0 Å². The Morgan fingerprint density at radius 3 is 2.27 bits per heavy atom. The Labute approximate surface area is 98.0 Å². The van der Waals surface area contributed by atoms with Crippen LogP contribution in [0, 0.1) is 12.3 Å². The van der Waals surface area contributed by atoms with E-state index in [1.165, 1.54) is 11.1 Å². The summed E-state index contributed by atoms with van der Waals surface area (Å²) in [4.78, 5) is 0. The molecular weight excluding hydrogens is 204 g/mol. The molecule has 1 atom stereocenters. The summed E-state index contributed by atoms with van der Waals surface area (Å²) < 4.78 is 0. The van der Waals surface area contributed by atoms with Gasteiger partial charge in [0.2, 0.25) is 0 Å². The van der Waals surface area contributed by atoms with Crippen LogP contribution in [0.15, 0.2) is 36.4 Å². The number of hydrogen-bond acceptors (Lipinski definition) is 0. The van der Waals surface area contributed by atoms with E-state index in [0.717, 1.165) is 12.0 Å². The molecule has 0 N–H and O–H groups in total. The van der Waals surface area contributed by atoms with Crippen molar-refractivity contribution in [2.45, 2.75) is 27.2 Å². The molecule has 82 valence electrons. The minimum absolute atomic E-state index is 0.0107. The number of benzene rings is 1. The Hall–Kier alpha value is -0.750. The van der Waals surface area contributed by atoms with Gasteiger partial charge < -0.3 is 0 Å². The molecule has 0 saturated carbocycles. The van der Waals surface area contributed by atoms with E-state index in [4.69, 9.17) is 11.6 Å². The van der Waals surface area contributed by atoms with Gasteiger partial charge in [0.25, 0.3) is 0 Å². The molecule has 0 nitrogen and oxygen atoms in total. The summed E-state index contributed by atoms with van der Waals surface area (Å²) in [7, 11) is 0. The summed E-state index contributed by atoms with van der Waals surface area (Å²) >= 11 is 6.02. The van der Waals surface area contributed by atoms with Crippen LogP contribution in [0.25, 0.3) is 0 Å². The molecule has 0 aliphatic heterocycles. The summed E-state index contributed by atoms with van der Waals surface area (Å²) in [6.07, 6.45) is 0.964. The fourth-order valence-electron chi connectivity index (χ4n) is 1.47. The van der Waals surface area contributed by atoms with Crippen LogP contribution in [0.3, 0.4) is 0 Å². The summed E-state index contributed by atoms with van der Waals surface area (Å²) in [6, 6.07) is 8.62. The Morgan fingerprint density at radius 1 is 1.33 bits per heavy atom. The molecule has 0 radical (unpaired) electrons. The smallest absolute Gasteiger partial charge is 0.0317 e. The lowest BCUT2D eigenvalue weighted by Gasteiger charge is -2.27. The molecule has 15 heavy (non-hydrogen) atoms. The zero-order valence-corrected chi connectivity index (χ0v) is 10.6. The summed E-state index contributed by atoms with van der Waals surface area (Å²) in [5.41, 5.74) is 3.78. The van der Waals surface area contributed by atoms with E-state index in [1.54, 1.807) is 0 Å². The van der Waals surface area contributed by atoms with Crippen molar-refractivity contribution in [3.05, 3.63) is 47.5 Å². The highest BCUT2D eigenvalue weighted by molar-refractivity contribution is 6.18. The van der Waals surface area contributed by atoms with Gasteiger partial charge >= 0.3 is 0 Å². The lowest BCUT2D eigenvalue weighted by Crippen LogP contribution is -2.22. The molecule has 0 aliphatic rings. The number of allylic oxidation sites excluding steroid dienone is 1. The monoisotopic (exact) mass is 222 g/mol. The Bertz CT molecular complexity index is 337. The summed E-state index contributed by atoms with van der Waals surface area (Å²) in [6.45, 7) is 10.3. The van der Waals surface area contributed by atoms with Crippen LogP contribution < -0.4 is 0 Å². The normalized spacial score (nSPS) is 14.7. The van der Waals surface area contributed by atoms with Gasteiger partial charge in [0.1, 0.15) is 0 Å². The molecule has 0 saturated heterocycles. The van der Waals surface area contributed by atoms with Crippen LogP contribution in [0.4, 0.5) is 0 Å². The van der Waals surface area contributed by atoms with Crippen molar-refractivity contribution >= 4 is 11.6 Å². The maximum atomic E-state index is 6.02. The van der Waals surface area contributed by atoms with E-state index in [1.807, 2.05) is 0 Å². The molecule has 0 fully saturated rings. The average molecular weight is 223 g/mol. The molecule has 1 aromatic carbocycles. The largest absolute Gasteiger partial charge is 0.126 e. The first-order valence-corrected chi connectivity index (χ1v) is 5.79. The van der Waals surface area contributed by atoms with Crippen LogP contribution in [-0.4, -0.2) is 5.88 Å². The van der Waals surface area contributed by atoms with E-state index in [0.29, 0.717) is 5.88 Å². The zero-order valence-electron chi connectivity index (χ0n) is 9.81. The van der Waals surface area contributed by atoms with Crippen molar-refractivity contribution in [2.24, 2.45) is 5.41 Å². The third kappa shape index (κ3) is 3.10.